The molecule has 8 heteroatoms. The van der Waals surface area contributed by atoms with Crippen LogP contribution in [0, 0.1) is 0 Å². The molecule has 0 aromatic carbocycles. The van der Waals surface area contributed by atoms with Gasteiger partial charge in [0.2, 0.25) is 0 Å². The molecular formula is C12H15NO6S. The van der Waals surface area contributed by atoms with Crippen LogP contribution in [0.4, 0.5) is 4.79 Å². The number of carbonyl (C=O) groups excluding carboxylic acids is 2. The highest BCUT2D eigenvalue weighted by atomic mass is 32.1. The van der Waals surface area contributed by atoms with Crippen LogP contribution in [0.3, 0.4) is 0 Å². The Bertz CT molecular complexity index is 510. The Labute approximate surface area is 119 Å². The van der Waals surface area contributed by atoms with Crippen LogP contribution >= 0.6 is 11.3 Å². The molecule has 0 atom stereocenters. The standard InChI is InChI=1S/C12H15NO6S/c1-3-7-5-8(10(20-7)11(15)16)19-6-9(14)13-12(17)18-4-2/h5H,3-4,6H2,1-2H3,(H,15,16)(H,13,14,17). The molecule has 1 aromatic heterocycles. The smallest absolute Gasteiger partial charge is 0.413 e. The van der Waals surface area contributed by atoms with Gasteiger partial charge in [-0.25, -0.2) is 9.59 Å². The Morgan fingerprint density at radius 1 is 1.35 bits per heavy atom. The quantitative estimate of drug-likeness (QED) is 0.828. The lowest BCUT2D eigenvalue weighted by atomic mass is 10.3. The number of hydrogen-bond acceptors (Lipinski definition) is 6. The zero-order valence-corrected chi connectivity index (χ0v) is 11.9. The van der Waals surface area contributed by atoms with Gasteiger partial charge in [-0.3, -0.25) is 10.1 Å². The molecule has 0 aliphatic rings. The Hall–Kier alpha value is -2.09. The van der Waals surface area contributed by atoms with Crippen LogP contribution in [0.1, 0.15) is 28.4 Å². The first-order valence-corrected chi connectivity index (χ1v) is 6.74. The van der Waals surface area contributed by atoms with Gasteiger partial charge in [-0.1, -0.05) is 6.92 Å². The highest BCUT2D eigenvalue weighted by Crippen LogP contribution is 2.29. The van der Waals surface area contributed by atoms with Gasteiger partial charge in [0.25, 0.3) is 5.91 Å². The second kappa shape index (κ2) is 7.49. The largest absolute Gasteiger partial charge is 0.482 e. The lowest BCUT2D eigenvalue weighted by Crippen LogP contribution is -2.34. The van der Waals surface area contributed by atoms with E-state index in [-0.39, 0.29) is 17.2 Å². The Balaban J connectivity index is 2.61. The van der Waals surface area contributed by atoms with Gasteiger partial charge >= 0.3 is 12.1 Å². The van der Waals surface area contributed by atoms with E-state index in [2.05, 4.69) is 4.74 Å². The Morgan fingerprint density at radius 2 is 2.05 bits per heavy atom. The van der Waals surface area contributed by atoms with Crippen LogP contribution in [0.2, 0.25) is 0 Å². The fourth-order valence-corrected chi connectivity index (χ4v) is 2.19. The van der Waals surface area contributed by atoms with Crippen molar-refractivity contribution in [2.45, 2.75) is 20.3 Å². The summed E-state index contributed by atoms with van der Waals surface area (Å²) in [5.74, 6) is -1.70. The molecule has 0 saturated heterocycles. The van der Waals surface area contributed by atoms with E-state index in [1.165, 1.54) is 0 Å². The van der Waals surface area contributed by atoms with E-state index in [1.54, 1.807) is 13.0 Å². The third kappa shape index (κ3) is 4.54. The number of aryl methyl sites for hydroxylation is 1. The van der Waals surface area contributed by atoms with E-state index in [4.69, 9.17) is 9.84 Å². The number of carboxylic acid groups (broad SMARTS) is 1. The molecule has 20 heavy (non-hydrogen) atoms. The van der Waals surface area contributed by atoms with Gasteiger partial charge in [0.15, 0.2) is 11.5 Å². The maximum atomic E-state index is 11.4. The highest BCUT2D eigenvalue weighted by Gasteiger charge is 2.17. The van der Waals surface area contributed by atoms with E-state index >= 15 is 0 Å². The number of imide groups is 1. The molecule has 2 N–H and O–H groups in total. The highest BCUT2D eigenvalue weighted by molar-refractivity contribution is 7.14. The number of aromatic carboxylic acids is 1. The average Bonchev–Trinajstić information content (AvgIpc) is 2.80. The Morgan fingerprint density at radius 3 is 2.60 bits per heavy atom. The molecule has 0 radical (unpaired) electrons. The monoisotopic (exact) mass is 301 g/mol. The van der Waals surface area contributed by atoms with Crippen molar-refractivity contribution in [2.75, 3.05) is 13.2 Å². The summed E-state index contributed by atoms with van der Waals surface area (Å²) >= 11 is 1.09. The van der Waals surface area contributed by atoms with Crippen molar-refractivity contribution < 1.29 is 29.0 Å². The van der Waals surface area contributed by atoms with Crippen molar-refractivity contribution in [3.8, 4) is 5.75 Å². The third-order valence-corrected chi connectivity index (χ3v) is 3.42. The first kappa shape index (κ1) is 16.0. The Kier molecular flexibility index (Phi) is 5.98. The summed E-state index contributed by atoms with van der Waals surface area (Å²) in [6.45, 7) is 3.18. The van der Waals surface area contributed by atoms with Gasteiger partial charge in [-0.15, -0.1) is 11.3 Å². The minimum atomic E-state index is -1.12. The molecule has 2 amide bonds. The summed E-state index contributed by atoms with van der Waals surface area (Å²) < 4.78 is 9.66. The zero-order chi connectivity index (χ0) is 15.1. The number of rotatable bonds is 6. The van der Waals surface area contributed by atoms with Gasteiger partial charge in [0.05, 0.1) is 6.61 Å². The van der Waals surface area contributed by atoms with E-state index < -0.39 is 24.6 Å². The van der Waals surface area contributed by atoms with Gasteiger partial charge in [-0.05, 0) is 19.4 Å². The van der Waals surface area contributed by atoms with Crippen molar-refractivity contribution in [2.24, 2.45) is 0 Å². The van der Waals surface area contributed by atoms with Gasteiger partial charge < -0.3 is 14.6 Å². The van der Waals surface area contributed by atoms with Crippen LogP contribution in [0.15, 0.2) is 6.07 Å². The number of carbonyl (C=O) groups is 3. The summed E-state index contributed by atoms with van der Waals surface area (Å²) in [4.78, 5) is 34.3. The summed E-state index contributed by atoms with van der Waals surface area (Å²) in [6, 6.07) is 1.58. The van der Waals surface area contributed by atoms with E-state index in [0.29, 0.717) is 6.42 Å². The van der Waals surface area contributed by atoms with Crippen LogP contribution in [0.5, 0.6) is 5.75 Å². The van der Waals surface area contributed by atoms with Crippen molar-refractivity contribution in [3.05, 3.63) is 15.8 Å². The lowest BCUT2D eigenvalue weighted by Gasteiger charge is -2.06. The molecule has 0 fully saturated rings. The molecule has 0 aliphatic heterocycles. The molecular weight excluding hydrogens is 286 g/mol. The average molecular weight is 301 g/mol. The third-order valence-electron chi connectivity index (χ3n) is 2.17. The number of ether oxygens (including phenoxy) is 2. The van der Waals surface area contributed by atoms with Gasteiger partial charge in [-0.2, -0.15) is 0 Å². The van der Waals surface area contributed by atoms with Crippen molar-refractivity contribution >= 4 is 29.3 Å². The SMILES string of the molecule is CCOC(=O)NC(=O)COc1cc(CC)sc1C(=O)O. The predicted molar refractivity (Wildman–Crippen MR) is 71.3 cm³/mol. The number of nitrogens with one attached hydrogen (secondary N) is 1. The molecule has 0 aliphatic carbocycles. The van der Waals surface area contributed by atoms with Crippen LogP contribution < -0.4 is 10.1 Å². The molecule has 0 spiro atoms. The topological polar surface area (TPSA) is 102 Å². The summed E-state index contributed by atoms with van der Waals surface area (Å²) in [5, 5.41) is 11.0. The van der Waals surface area contributed by atoms with Crippen molar-refractivity contribution in [1.82, 2.24) is 5.32 Å². The maximum Gasteiger partial charge on any atom is 0.413 e. The number of hydrogen-bond donors (Lipinski definition) is 2. The second-order valence-electron chi connectivity index (χ2n) is 3.62. The molecule has 1 aromatic rings. The fourth-order valence-electron chi connectivity index (χ4n) is 1.31. The van der Waals surface area contributed by atoms with Crippen LogP contribution in [0.25, 0.3) is 0 Å². The summed E-state index contributed by atoms with van der Waals surface area (Å²) in [5.41, 5.74) is 0. The normalized spacial score (nSPS) is 9.90. The van der Waals surface area contributed by atoms with Gasteiger partial charge in [0, 0.05) is 4.88 Å². The molecule has 0 saturated carbocycles. The second-order valence-corrected chi connectivity index (χ2v) is 4.76. The maximum absolute atomic E-state index is 11.4. The number of amides is 2. The van der Waals surface area contributed by atoms with Crippen LogP contribution in [-0.4, -0.2) is 36.3 Å². The molecule has 1 rings (SSSR count). The number of alkyl carbamates (subject to hydrolysis) is 1. The van der Waals surface area contributed by atoms with E-state index in [1.807, 2.05) is 12.2 Å². The molecule has 1 heterocycles. The zero-order valence-electron chi connectivity index (χ0n) is 11.1. The summed E-state index contributed by atoms with van der Waals surface area (Å²) in [6.07, 6.45) is -0.192. The van der Waals surface area contributed by atoms with Crippen molar-refractivity contribution in [3.63, 3.8) is 0 Å². The minimum absolute atomic E-state index is 0.0331. The van der Waals surface area contributed by atoms with Crippen molar-refractivity contribution in [1.29, 1.82) is 0 Å². The number of carboxylic acids is 1. The molecule has 0 bridgehead atoms. The first-order valence-electron chi connectivity index (χ1n) is 5.93. The molecule has 110 valence electrons. The molecule has 7 nitrogen and oxygen atoms in total. The molecule has 0 unspecified atom stereocenters. The summed E-state index contributed by atoms with van der Waals surface area (Å²) in [7, 11) is 0. The number of thiophene rings is 1. The van der Waals surface area contributed by atoms with E-state index in [9.17, 15) is 14.4 Å². The minimum Gasteiger partial charge on any atom is -0.482 e. The van der Waals surface area contributed by atoms with Crippen LogP contribution in [-0.2, 0) is 16.0 Å². The van der Waals surface area contributed by atoms with E-state index in [0.717, 1.165) is 16.2 Å². The van der Waals surface area contributed by atoms with Gasteiger partial charge in [0.1, 0.15) is 5.75 Å². The fraction of sp³-hybridized carbons (Fsp3) is 0.417. The predicted octanol–water partition coefficient (Wildman–Crippen LogP) is 1.66. The lowest BCUT2D eigenvalue weighted by molar-refractivity contribution is -0.122. The first-order chi connectivity index (χ1) is 9.47.